The van der Waals surface area contributed by atoms with Gasteiger partial charge in [0.05, 0.1) is 21.3 Å². The van der Waals surface area contributed by atoms with Crippen LogP contribution in [0.25, 0.3) is 6.08 Å². The van der Waals surface area contributed by atoms with Crippen molar-refractivity contribution in [3.8, 4) is 17.2 Å². The summed E-state index contributed by atoms with van der Waals surface area (Å²) >= 11 is 0. The number of hydrogen-bond donors (Lipinski definition) is 2. The molecule has 7 heteroatoms. The molecule has 3 rings (SSSR count). The highest BCUT2D eigenvalue weighted by Gasteiger charge is 2.17. The van der Waals surface area contributed by atoms with E-state index in [1.54, 1.807) is 55.7 Å². The highest BCUT2D eigenvalue weighted by molar-refractivity contribution is 6.10. The number of carbonyl (C=O) groups excluding carboxylic acids is 2. The Balaban J connectivity index is 1.94. The lowest BCUT2D eigenvalue weighted by Gasteiger charge is -2.14. The Morgan fingerprint density at radius 3 is 2.12 bits per heavy atom. The number of nitrogens with one attached hydrogen (secondary N) is 2. The summed E-state index contributed by atoms with van der Waals surface area (Å²) in [5.41, 5.74) is 2.68. The molecule has 0 fully saturated rings. The lowest BCUT2D eigenvalue weighted by Crippen LogP contribution is -2.30. The van der Waals surface area contributed by atoms with Gasteiger partial charge in [0, 0.05) is 16.8 Å². The summed E-state index contributed by atoms with van der Waals surface area (Å²) < 4.78 is 15.9. The topological polar surface area (TPSA) is 85.9 Å². The number of para-hydroxylation sites is 1. The van der Waals surface area contributed by atoms with Gasteiger partial charge in [0.1, 0.15) is 11.4 Å². The molecule has 0 radical (unpaired) electrons. The van der Waals surface area contributed by atoms with Crippen LogP contribution in [-0.4, -0.2) is 33.1 Å². The maximum atomic E-state index is 13.1. The molecule has 0 unspecified atom stereocenters. The van der Waals surface area contributed by atoms with Gasteiger partial charge in [0.25, 0.3) is 11.8 Å². The van der Waals surface area contributed by atoms with E-state index in [9.17, 15) is 9.59 Å². The molecule has 0 aliphatic carbocycles. The number of aryl methyl sites for hydroxylation is 1. The van der Waals surface area contributed by atoms with Crippen molar-refractivity contribution >= 4 is 23.6 Å². The molecule has 0 aliphatic rings. The van der Waals surface area contributed by atoms with E-state index in [-0.39, 0.29) is 5.70 Å². The van der Waals surface area contributed by atoms with Crippen molar-refractivity contribution in [2.75, 3.05) is 26.6 Å². The number of hydrogen-bond acceptors (Lipinski definition) is 5. The summed E-state index contributed by atoms with van der Waals surface area (Å²) in [6.45, 7) is 1.96. The number of rotatable bonds is 8. The van der Waals surface area contributed by atoms with Crippen LogP contribution in [0.2, 0.25) is 0 Å². The predicted molar refractivity (Wildman–Crippen MR) is 128 cm³/mol. The minimum Gasteiger partial charge on any atom is -0.496 e. The van der Waals surface area contributed by atoms with Crippen LogP contribution in [0.4, 0.5) is 5.69 Å². The van der Waals surface area contributed by atoms with Crippen LogP contribution in [0, 0.1) is 6.92 Å². The van der Waals surface area contributed by atoms with Crippen LogP contribution >= 0.6 is 0 Å². The Morgan fingerprint density at radius 2 is 1.45 bits per heavy atom. The molecule has 0 aliphatic heterocycles. The molecule has 2 N–H and O–H groups in total. The van der Waals surface area contributed by atoms with E-state index in [1.165, 1.54) is 14.2 Å². The third kappa shape index (κ3) is 5.92. The molecule has 0 aromatic heterocycles. The molecular formula is C26H26N2O5. The molecule has 2 amide bonds. The monoisotopic (exact) mass is 446 g/mol. The van der Waals surface area contributed by atoms with Gasteiger partial charge in [-0.3, -0.25) is 9.59 Å². The van der Waals surface area contributed by atoms with Crippen LogP contribution in [0.3, 0.4) is 0 Å². The zero-order valence-corrected chi connectivity index (χ0v) is 19.0. The maximum absolute atomic E-state index is 13.1. The summed E-state index contributed by atoms with van der Waals surface area (Å²) in [4.78, 5) is 26.1. The van der Waals surface area contributed by atoms with Gasteiger partial charge in [-0.05, 0) is 49.4 Å². The second-order valence-electron chi connectivity index (χ2n) is 7.14. The van der Waals surface area contributed by atoms with Gasteiger partial charge in [-0.15, -0.1) is 0 Å². The molecule has 0 saturated heterocycles. The van der Waals surface area contributed by atoms with Crippen molar-refractivity contribution in [1.82, 2.24) is 5.32 Å². The molecule has 0 spiro atoms. The van der Waals surface area contributed by atoms with Gasteiger partial charge in [0.15, 0.2) is 11.5 Å². The van der Waals surface area contributed by atoms with Crippen molar-refractivity contribution in [3.05, 3.63) is 89.1 Å². The number of anilines is 1. The van der Waals surface area contributed by atoms with E-state index in [4.69, 9.17) is 14.2 Å². The van der Waals surface area contributed by atoms with Crippen LogP contribution in [0.5, 0.6) is 17.2 Å². The van der Waals surface area contributed by atoms with E-state index in [1.807, 2.05) is 31.2 Å². The fourth-order valence-corrected chi connectivity index (χ4v) is 3.11. The molecule has 7 nitrogen and oxygen atoms in total. The van der Waals surface area contributed by atoms with E-state index in [0.717, 1.165) is 5.56 Å². The number of carbonyl (C=O) groups is 2. The molecule has 3 aromatic rings. The third-order valence-corrected chi connectivity index (χ3v) is 4.89. The number of amides is 2. The first-order valence-electron chi connectivity index (χ1n) is 10.2. The predicted octanol–water partition coefficient (Wildman–Crippen LogP) is 4.43. The summed E-state index contributed by atoms with van der Waals surface area (Å²) in [5, 5.41) is 5.53. The zero-order valence-electron chi connectivity index (χ0n) is 19.0. The molecular weight excluding hydrogens is 420 g/mol. The van der Waals surface area contributed by atoms with Crippen molar-refractivity contribution in [3.63, 3.8) is 0 Å². The first-order chi connectivity index (χ1) is 15.9. The van der Waals surface area contributed by atoms with Crippen LogP contribution in [0.1, 0.15) is 21.5 Å². The molecule has 170 valence electrons. The Bertz CT molecular complexity index is 1170. The van der Waals surface area contributed by atoms with Gasteiger partial charge in [-0.25, -0.2) is 0 Å². The van der Waals surface area contributed by atoms with Gasteiger partial charge in [-0.2, -0.15) is 0 Å². The Hall–Kier alpha value is -4.26. The number of ether oxygens (including phenoxy) is 3. The Morgan fingerprint density at radius 1 is 0.788 bits per heavy atom. The minimum absolute atomic E-state index is 0.0554. The van der Waals surface area contributed by atoms with Gasteiger partial charge in [0.2, 0.25) is 0 Å². The third-order valence-electron chi connectivity index (χ3n) is 4.89. The maximum Gasteiger partial charge on any atom is 0.272 e. The van der Waals surface area contributed by atoms with Crippen LogP contribution < -0.4 is 24.8 Å². The Kier molecular flexibility index (Phi) is 7.70. The van der Waals surface area contributed by atoms with Gasteiger partial charge in [-0.1, -0.05) is 35.9 Å². The first-order valence-corrected chi connectivity index (χ1v) is 10.2. The van der Waals surface area contributed by atoms with Crippen LogP contribution in [0.15, 0.2) is 72.4 Å². The largest absolute Gasteiger partial charge is 0.496 e. The lowest BCUT2D eigenvalue weighted by atomic mass is 10.1. The number of benzene rings is 3. The summed E-state index contributed by atoms with van der Waals surface area (Å²) in [6, 6.07) is 19.4. The molecule has 3 aromatic carbocycles. The van der Waals surface area contributed by atoms with Crippen molar-refractivity contribution < 1.29 is 23.8 Å². The van der Waals surface area contributed by atoms with Gasteiger partial charge >= 0.3 is 0 Å². The number of methoxy groups -OCH3 is 3. The van der Waals surface area contributed by atoms with E-state index in [0.29, 0.717) is 34.1 Å². The SMILES string of the molecule is COc1ccccc1C=C(NC(=O)c1ccc(OC)c(OC)c1)C(=O)Nc1ccc(C)cc1. The fraction of sp³-hybridized carbons (Fsp3) is 0.154. The molecule has 0 bridgehead atoms. The summed E-state index contributed by atoms with van der Waals surface area (Å²) in [6.07, 6.45) is 1.57. The second-order valence-corrected chi connectivity index (χ2v) is 7.14. The second kappa shape index (κ2) is 10.9. The van der Waals surface area contributed by atoms with Crippen molar-refractivity contribution in [2.24, 2.45) is 0 Å². The molecule has 0 atom stereocenters. The van der Waals surface area contributed by atoms with Gasteiger partial charge < -0.3 is 24.8 Å². The molecule has 33 heavy (non-hydrogen) atoms. The highest BCUT2D eigenvalue weighted by atomic mass is 16.5. The van der Waals surface area contributed by atoms with Crippen molar-refractivity contribution in [2.45, 2.75) is 6.92 Å². The lowest BCUT2D eigenvalue weighted by molar-refractivity contribution is -0.113. The normalized spacial score (nSPS) is 10.8. The smallest absolute Gasteiger partial charge is 0.272 e. The van der Waals surface area contributed by atoms with E-state index >= 15 is 0 Å². The average molecular weight is 447 g/mol. The van der Waals surface area contributed by atoms with Crippen LogP contribution in [-0.2, 0) is 4.79 Å². The molecule has 0 heterocycles. The fourth-order valence-electron chi connectivity index (χ4n) is 3.11. The standard InChI is InChI=1S/C26H26N2O5/c1-17-9-12-20(13-10-17)27-26(30)21(15-18-7-5-6-8-22(18)31-2)28-25(29)19-11-14-23(32-3)24(16-19)33-4/h5-16H,1-4H3,(H,27,30)(H,28,29). The van der Waals surface area contributed by atoms with E-state index < -0.39 is 11.8 Å². The molecule has 0 saturated carbocycles. The Labute approximate surface area is 193 Å². The summed E-state index contributed by atoms with van der Waals surface area (Å²) in [5.74, 6) is 0.522. The van der Waals surface area contributed by atoms with E-state index in [2.05, 4.69) is 10.6 Å². The average Bonchev–Trinajstić information content (AvgIpc) is 2.84. The minimum atomic E-state index is -0.476. The quantitative estimate of drug-likeness (QED) is 0.500. The summed E-state index contributed by atoms with van der Waals surface area (Å²) in [7, 11) is 4.55. The first kappa shape index (κ1) is 23.4. The zero-order chi connectivity index (χ0) is 23.8. The van der Waals surface area contributed by atoms with Crippen molar-refractivity contribution in [1.29, 1.82) is 0 Å². The highest BCUT2D eigenvalue weighted by Crippen LogP contribution is 2.28.